The molecule has 0 radical (unpaired) electrons. The van der Waals surface area contributed by atoms with Crippen LogP contribution in [0.3, 0.4) is 0 Å². The summed E-state index contributed by atoms with van der Waals surface area (Å²) < 4.78 is 0. The van der Waals surface area contributed by atoms with Crippen molar-refractivity contribution in [2.45, 2.75) is 64.8 Å². The number of nitrogens with zero attached hydrogens (tertiary/aromatic N) is 2. The molecule has 0 unspecified atom stereocenters. The number of amides is 2. The third kappa shape index (κ3) is 3.89. The Kier molecular flexibility index (Phi) is 4.88. The van der Waals surface area contributed by atoms with Gasteiger partial charge in [0.25, 0.3) is 5.91 Å². The standard InChI is InChI=1S/C23H33N3O2/c1-22(2,3)10-15-26-19-7-5-4-6-18(19)24-23(21(26)28)11-13-25(14-12-23)20(27)16-17-8-9-17/h4-7,17,24H,8-16H2,1-3H3. The first kappa shape index (κ1) is 19.3. The average molecular weight is 384 g/mol. The molecule has 0 atom stereocenters. The molecule has 0 bridgehead atoms. The molecule has 5 nitrogen and oxygen atoms in total. The molecule has 152 valence electrons. The lowest BCUT2D eigenvalue weighted by Gasteiger charge is -2.48. The molecule has 4 rings (SSSR count). The molecule has 1 aliphatic carbocycles. The number of nitrogens with one attached hydrogen (secondary N) is 1. The van der Waals surface area contributed by atoms with Gasteiger partial charge in [0.1, 0.15) is 5.54 Å². The molecule has 2 amide bonds. The number of likely N-dealkylation sites (tertiary alicyclic amines) is 1. The zero-order chi connectivity index (χ0) is 19.9. The predicted octanol–water partition coefficient (Wildman–Crippen LogP) is 4.04. The first-order valence-electron chi connectivity index (χ1n) is 10.7. The molecule has 0 aromatic heterocycles. The average Bonchev–Trinajstić information content (AvgIpc) is 3.46. The Morgan fingerprint density at radius 2 is 1.86 bits per heavy atom. The minimum Gasteiger partial charge on any atom is -0.369 e. The monoisotopic (exact) mass is 383 g/mol. The van der Waals surface area contributed by atoms with Crippen molar-refractivity contribution in [1.82, 2.24) is 4.90 Å². The third-order valence-electron chi connectivity index (χ3n) is 6.44. The maximum Gasteiger partial charge on any atom is 0.252 e. The first-order valence-corrected chi connectivity index (χ1v) is 10.7. The summed E-state index contributed by atoms with van der Waals surface area (Å²) in [6.07, 6.45) is 5.40. The number of piperidine rings is 1. The lowest BCUT2D eigenvalue weighted by Crippen LogP contribution is -2.62. The van der Waals surface area contributed by atoms with E-state index < -0.39 is 5.54 Å². The molecular weight excluding hydrogens is 350 g/mol. The Labute approximate surface area is 168 Å². The van der Waals surface area contributed by atoms with Gasteiger partial charge in [0.05, 0.1) is 11.4 Å². The summed E-state index contributed by atoms with van der Waals surface area (Å²) in [5.41, 5.74) is 1.61. The van der Waals surface area contributed by atoms with Crippen molar-refractivity contribution in [3.8, 4) is 0 Å². The SMILES string of the molecule is CC(C)(C)CCN1C(=O)C2(CCN(C(=O)CC3CC3)CC2)Nc2ccccc21. The van der Waals surface area contributed by atoms with Crippen molar-refractivity contribution in [1.29, 1.82) is 0 Å². The quantitative estimate of drug-likeness (QED) is 0.854. The Morgan fingerprint density at radius 1 is 1.18 bits per heavy atom. The van der Waals surface area contributed by atoms with Crippen LogP contribution in [0.5, 0.6) is 0 Å². The first-order chi connectivity index (χ1) is 13.3. The molecule has 1 saturated heterocycles. The molecule has 1 N–H and O–H groups in total. The minimum atomic E-state index is -0.581. The highest BCUT2D eigenvalue weighted by Gasteiger charge is 2.48. The summed E-state index contributed by atoms with van der Waals surface area (Å²) in [7, 11) is 0. The zero-order valence-electron chi connectivity index (χ0n) is 17.5. The number of rotatable bonds is 4. The highest BCUT2D eigenvalue weighted by molar-refractivity contribution is 6.08. The second-order valence-electron chi connectivity index (χ2n) is 10.0. The number of hydrogen-bond donors (Lipinski definition) is 1. The van der Waals surface area contributed by atoms with Gasteiger partial charge >= 0.3 is 0 Å². The second-order valence-corrected chi connectivity index (χ2v) is 10.0. The van der Waals surface area contributed by atoms with Crippen LogP contribution >= 0.6 is 0 Å². The Balaban J connectivity index is 1.51. The zero-order valence-corrected chi connectivity index (χ0v) is 17.5. The number of carbonyl (C=O) groups excluding carboxylic acids is 2. The molecule has 3 aliphatic rings. The van der Waals surface area contributed by atoms with Gasteiger partial charge in [-0.15, -0.1) is 0 Å². The van der Waals surface area contributed by atoms with Gasteiger partial charge in [0.15, 0.2) is 0 Å². The van der Waals surface area contributed by atoms with Gasteiger partial charge in [-0.1, -0.05) is 32.9 Å². The van der Waals surface area contributed by atoms with Crippen LogP contribution in [0.1, 0.15) is 59.3 Å². The van der Waals surface area contributed by atoms with Crippen LogP contribution in [0, 0.1) is 11.3 Å². The van der Waals surface area contributed by atoms with E-state index in [0.29, 0.717) is 38.3 Å². The lowest BCUT2D eigenvalue weighted by molar-refractivity contribution is -0.135. The van der Waals surface area contributed by atoms with E-state index in [-0.39, 0.29) is 17.2 Å². The molecular formula is C23H33N3O2. The summed E-state index contributed by atoms with van der Waals surface area (Å²) in [5.74, 6) is 1.05. The van der Waals surface area contributed by atoms with E-state index in [1.165, 1.54) is 12.8 Å². The topological polar surface area (TPSA) is 52.7 Å². The third-order valence-corrected chi connectivity index (χ3v) is 6.44. The molecule has 1 aromatic carbocycles. The van der Waals surface area contributed by atoms with Gasteiger partial charge < -0.3 is 15.1 Å². The van der Waals surface area contributed by atoms with E-state index in [4.69, 9.17) is 0 Å². The number of fused-ring (bicyclic) bond motifs is 1. The van der Waals surface area contributed by atoms with E-state index >= 15 is 0 Å². The maximum absolute atomic E-state index is 13.6. The number of benzene rings is 1. The van der Waals surface area contributed by atoms with Gasteiger partial charge in [-0.05, 0) is 55.6 Å². The fourth-order valence-electron chi connectivity index (χ4n) is 4.34. The van der Waals surface area contributed by atoms with Gasteiger partial charge in [-0.2, -0.15) is 0 Å². The largest absolute Gasteiger partial charge is 0.369 e. The van der Waals surface area contributed by atoms with Crippen molar-refractivity contribution in [2.24, 2.45) is 11.3 Å². The van der Waals surface area contributed by atoms with Crippen LogP contribution in [0.15, 0.2) is 24.3 Å². The molecule has 1 aromatic rings. The normalized spacial score (nSPS) is 21.5. The van der Waals surface area contributed by atoms with Crippen LogP contribution in [-0.4, -0.2) is 41.9 Å². The fourth-order valence-corrected chi connectivity index (χ4v) is 4.34. The van der Waals surface area contributed by atoms with Crippen molar-refractivity contribution in [3.05, 3.63) is 24.3 Å². The molecule has 1 spiro atoms. The number of hydrogen-bond acceptors (Lipinski definition) is 3. The maximum atomic E-state index is 13.6. The summed E-state index contributed by atoms with van der Waals surface area (Å²) in [4.78, 5) is 30.0. The van der Waals surface area contributed by atoms with Crippen LogP contribution in [0.25, 0.3) is 0 Å². The van der Waals surface area contributed by atoms with Crippen LogP contribution in [0.2, 0.25) is 0 Å². The Morgan fingerprint density at radius 3 is 2.50 bits per heavy atom. The molecule has 1 saturated carbocycles. The summed E-state index contributed by atoms with van der Waals surface area (Å²) >= 11 is 0. The number of anilines is 2. The van der Waals surface area contributed by atoms with Crippen LogP contribution in [-0.2, 0) is 9.59 Å². The van der Waals surface area contributed by atoms with Gasteiger partial charge in [0.2, 0.25) is 5.91 Å². The van der Waals surface area contributed by atoms with E-state index in [0.717, 1.165) is 24.3 Å². The Bertz CT molecular complexity index is 755. The van der Waals surface area contributed by atoms with Gasteiger partial charge in [0, 0.05) is 26.1 Å². The minimum absolute atomic E-state index is 0.171. The highest BCUT2D eigenvalue weighted by atomic mass is 16.2. The van der Waals surface area contributed by atoms with E-state index in [1.807, 2.05) is 28.0 Å². The van der Waals surface area contributed by atoms with Crippen LogP contribution in [0.4, 0.5) is 11.4 Å². The van der Waals surface area contributed by atoms with Gasteiger partial charge in [-0.3, -0.25) is 9.59 Å². The molecule has 2 fully saturated rings. The number of carbonyl (C=O) groups is 2. The van der Waals surface area contributed by atoms with Gasteiger partial charge in [-0.25, -0.2) is 0 Å². The van der Waals surface area contributed by atoms with E-state index in [1.54, 1.807) is 0 Å². The van der Waals surface area contributed by atoms with Crippen molar-refractivity contribution in [2.75, 3.05) is 29.9 Å². The fraction of sp³-hybridized carbons (Fsp3) is 0.652. The lowest BCUT2D eigenvalue weighted by atomic mass is 9.82. The summed E-state index contributed by atoms with van der Waals surface area (Å²) in [6.45, 7) is 8.70. The van der Waals surface area contributed by atoms with Crippen molar-refractivity contribution < 1.29 is 9.59 Å². The van der Waals surface area contributed by atoms with Crippen LogP contribution < -0.4 is 10.2 Å². The summed E-state index contributed by atoms with van der Waals surface area (Å²) in [5, 5.41) is 3.57. The summed E-state index contributed by atoms with van der Waals surface area (Å²) in [6, 6.07) is 8.11. The second kappa shape index (κ2) is 7.09. The molecule has 5 heteroatoms. The van der Waals surface area contributed by atoms with E-state index in [2.05, 4.69) is 32.2 Å². The van der Waals surface area contributed by atoms with Crippen molar-refractivity contribution in [3.63, 3.8) is 0 Å². The van der Waals surface area contributed by atoms with E-state index in [9.17, 15) is 9.59 Å². The molecule has 2 heterocycles. The van der Waals surface area contributed by atoms with Crippen molar-refractivity contribution >= 4 is 23.2 Å². The number of para-hydroxylation sites is 2. The highest BCUT2D eigenvalue weighted by Crippen LogP contribution is 2.41. The Hall–Kier alpha value is -2.04. The molecule has 2 aliphatic heterocycles. The smallest absolute Gasteiger partial charge is 0.252 e. The molecule has 28 heavy (non-hydrogen) atoms. The predicted molar refractivity (Wildman–Crippen MR) is 112 cm³/mol.